The molecule has 0 unspecified atom stereocenters. The van der Waals surface area contributed by atoms with Gasteiger partial charge in [-0.1, -0.05) is 32.1 Å². The SMILES string of the molecule is C1CC[C@H]2[C@@H](C1)CC[C@@H]1[C@H]2CC[C@@H]2CCC[C@@H]21. The largest absolute Gasteiger partial charge is 0.0530 e. The minimum atomic E-state index is 1.16. The average molecular weight is 232 g/mol. The molecular formula is C17H28. The third kappa shape index (κ3) is 1.70. The Kier molecular flexibility index (Phi) is 2.74. The van der Waals surface area contributed by atoms with Gasteiger partial charge in [0.15, 0.2) is 0 Å². The molecule has 0 aromatic carbocycles. The van der Waals surface area contributed by atoms with E-state index in [0.717, 1.165) is 11.8 Å². The van der Waals surface area contributed by atoms with Crippen LogP contribution in [0.15, 0.2) is 0 Å². The molecule has 0 heteroatoms. The smallest absolute Gasteiger partial charge is 0.0352 e. The summed E-state index contributed by atoms with van der Waals surface area (Å²) < 4.78 is 0. The fraction of sp³-hybridized carbons (Fsp3) is 1.00. The van der Waals surface area contributed by atoms with Gasteiger partial charge in [0.2, 0.25) is 0 Å². The highest BCUT2D eigenvalue weighted by Crippen LogP contribution is 2.57. The van der Waals surface area contributed by atoms with E-state index in [-0.39, 0.29) is 0 Å². The van der Waals surface area contributed by atoms with Gasteiger partial charge in [-0.3, -0.25) is 0 Å². The summed E-state index contributed by atoms with van der Waals surface area (Å²) in [4.78, 5) is 0. The van der Waals surface area contributed by atoms with E-state index >= 15 is 0 Å². The van der Waals surface area contributed by atoms with Crippen molar-refractivity contribution in [2.24, 2.45) is 35.5 Å². The van der Waals surface area contributed by atoms with Crippen LogP contribution >= 0.6 is 0 Å². The Morgan fingerprint density at radius 3 is 1.59 bits per heavy atom. The lowest BCUT2D eigenvalue weighted by atomic mass is 9.54. The molecule has 0 spiro atoms. The standard InChI is InChI=1S/C17H28/c1-2-6-14-12(4-1)8-10-17-15-7-3-5-13(15)9-11-16(14)17/h12-17H,1-11H2/t12-,13-,14-,15-,16-,17-/m0/s1. The molecule has 0 nitrogen and oxygen atoms in total. The molecule has 0 amide bonds. The minimum absolute atomic E-state index is 1.16. The lowest BCUT2D eigenvalue weighted by Gasteiger charge is -2.51. The lowest BCUT2D eigenvalue weighted by molar-refractivity contribution is -0.0184. The number of hydrogen-bond acceptors (Lipinski definition) is 0. The van der Waals surface area contributed by atoms with E-state index < -0.39 is 0 Å². The van der Waals surface area contributed by atoms with Crippen LogP contribution in [0.3, 0.4) is 0 Å². The quantitative estimate of drug-likeness (QED) is 0.549. The summed E-state index contributed by atoms with van der Waals surface area (Å²) in [6.07, 6.45) is 17.5. The zero-order valence-electron chi connectivity index (χ0n) is 11.2. The molecule has 0 heterocycles. The Morgan fingerprint density at radius 2 is 0.882 bits per heavy atom. The average Bonchev–Trinajstić information content (AvgIpc) is 2.86. The molecule has 96 valence electrons. The van der Waals surface area contributed by atoms with Crippen LogP contribution in [0.4, 0.5) is 0 Å². The highest BCUT2D eigenvalue weighted by atomic mass is 14.5. The van der Waals surface area contributed by atoms with E-state index in [9.17, 15) is 0 Å². The monoisotopic (exact) mass is 232 g/mol. The molecule has 0 aromatic rings. The van der Waals surface area contributed by atoms with Crippen molar-refractivity contribution in [3.63, 3.8) is 0 Å². The minimum Gasteiger partial charge on any atom is -0.0530 e. The molecule has 0 aromatic heterocycles. The van der Waals surface area contributed by atoms with Gasteiger partial charge in [0, 0.05) is 0 Å². The molecule has 0 saturated heterocycles. The normalized spacial score (nSPS) is 53.6. The van der Waals surface area contributed by atoms with Gasteiger partial charge in [-0.25, -0.2) is 0 Å². The van der Waals surface area contributed by atoms with Gasteiger partial charge < -0.3 is 0 Å². The number of fused-ring (bicyclic) bond motifs is 5. The molecular weight excluding hydrogens is 204 g/mol. The molecule has 4 aliphatic rings. The lowest BCUT2D eigenvalue weighted by Crippen LogP contribution is -2.43. The first-order valence-electron chi connectivity index (χ1n) is 8.43. The number of hydrogen-bond donors (Lipinski definition) is 0. The molecule has 6 atom stereocenters. The van der Waals surface area contributed by atoms with Gasteiger partial charge in [-0.05, 0) is 74.0 Å². The maximum Gasteiger partial charge on any atom is -0.0352 e. The Labute approximate surface area is 107 Å². The maximum atomic E-state index is 1.62. The van der Waals surface area contributed by atoms with E-state index in [1.165, 1.54) is 23.7 Å². The summed E-state index contributed by atoms with van der Waals surface area (Å²) in [6, 6.07) is 0. The van der Waals surface area contributed by atoms with E-state index in [4.69, 9.17) is 0 Å². The summed E-state index contributed by atoms with van der Waals surface area (Å²) in [5.74, 6) is 7.02. The van der Waals surface area contributed by atoms with Crippen molar-refractivity contribution in [2.75, 3.05) is 0 Å². The first-order valence-corrected chi connectivity index (χ1v) is 8.43. The topological polar surface area (TPSA) is 0 Å². The Morgan fingerprint density at radius 1 is 0.353 bits per heavy atom. The molecule has 0 aliphatic heterocycles. The van der Waals surface area contributed by atoms with Gasteiger partial charge in [0.05, 0.1) is 0 Å². The second-order valence-corrected chi connectivity index (χ2v) is 7.55. The molecule has 0 radical (unpaired) electrons. The van der Waals surface area contributed by atoms with Crippen LogP contribution in [0, 0.1) is 35.5 Å². The van der Waals surface area contributed by atoms with Crippen LogP contribution in [-0.4, -0.2) is 0 Å². The summed E-state index contributed by atoms with van der Waals surface area (Å²) in [6.45, 7) is 0. The van der Waals surface area contributed by atoms with Crippen molar-refractivity contribution in [1.29, 1.82) is 0 Å². The van der Waals surface area contributed by atoms with Gasteiger partial charge >= 0.3 is 0 Å². The van der Waals surface area contributed by atoms with Crippen molar-refractivity contribution >= 4 is 0 Å². The van der Waals surface area contributed by atoms with Gasteiger partial charge in [-0.15, -0.1) is 0 Å². The number of rotatable bonds is 0. The molecule has 4 saturated carbocycles. The van der Waals surface area contributed by atoms with Crippen LogP contribution in [0.5, 0.6) is 0 Å². The van der Waals surface area contributed by atoms with Crippen molar-refractivity contribution in [2.45, 2.75) is 70.6 Å². The summed E-state index contributed by atoms with van der Waals surface area (Å²) in [5, 5.41) is 0. The predicted octanol–water partition coefficient (Wildman–Crippen LogP) is 5.03. The van der Waals surface area contributed by atoms with Gasteiger partial charge in [0.25, 0.3) is 0 Å². The van der Waals surface area contributed by atoms with E-state index in [1.54, 1.807) is 70.6 Å². The van der Waals surface area contributed by atoms with Gasteiger partial charge in [-0.2, -0.15) is 0 Å². The molecule has 4 rings (SSSR count). The second kappa shape index (κ2) is 4.28. The Hall–Kier alpha value is 0. The van der Waals surface area contributed by atoms with Crippen molar-refractivity contribution in [3.8, 4) is 0 Å². The van der Waals surface area contributed by atoms with Crippen molar-refractivity contribution in [1.82, 2.24) is 0 Å². The molecule has 0 N–H and O–H groups in total. The van der Waals surface area contributed by atoms with E-state index in [2.05, 4.69) is 0 Å². The van der Waals surface area contributed by atoms with E-state index in [0.29, 0.717) is 0 Å². The van der Waals surface area contributed by atoms with Crippen LogP contribution < -0.4 is 0 Å². The fourth-order valence-electron chi connectivity index (χ4n) is 6.45. The third-order valence-corrected chi connectivity index (χ3v) is 7.08. The van der Waals surface area contributed by atoms with Crippen molar-refractivity contribution < 1.29 is 0 Å². The zero-order chi connectivity index (χ0) is 11.2. The first-order chi connectivity index (χ1) is 8.43. The van der Waals surface area contributed by atoms with Crippen LogP contribution in [0.1, 0.15) is 70.6 Å². The highest BCUT2D eigenvalue weighted by Gasteiger charge is 2.48. The maximum absolute atomic E-state index is 1.62. The summed E-state index contributed by atoms with van der Waals surface area (Å²) in [7, 11) is 0. The molecule has 0 bridgehead atoms. The summed E-state index contributed by atoms with van der Waals surface area (Å²) in [5.41, 5.74) is 0. The molecule has 17 heavy (non-hydrogen) atoms. The van der Waals surface area contributed by atoms with Crippen LogP contribution in [0.2, 0.25) is 0 Å². The van der Waals surface area contributed by atoms with Crippen molar-refractivity contribution in [3.05, 3.63) is 0 Å². The Bertz CT molecular complexity index is 282. The van der Waals surface area contributed by atoms with Gasteiger partial charge in [0.1, 0.15) is 0 Å². The van der Waals surface area contributed by atoms with E-state index in [1.807, 2.05) is 0 Å². The first kappa shape index (κ1) is 10.9. The molecule has 4 aliphatic carbocycles. The Balaban J connectivity index is 1.56. The zero-order valence-corrected chi connectivity index (χ0v) is 11.2. The second-order valence-electron chi connectivity index (χ2n) is 7.55. The fourth-order valence-corrected chi connectivity index (χ4v) is 6.45. The highest BCUT2D eigenvalue weighted by molar-refractivity contribution is 4.98. The van der Waals surface area contributed by atoms with Crippen LogP contribution in [-0.2, 0) is 0 Å². The predicted molar refractivity (Wildman–Crippen MR) is 71.7 cm³/mol. The molecule has 4 fully saturated rings. The van der Waals surface area contributed by atoms with Crippen LogP contribution in [0.25, 0.3) is 0 Å². The summed E-state index contributed by atoms with van der Waals surface area (Å²) >= 11 is 0. The third-order valence-electron chi connectivity index (χ3n) is 7.08.